The molecule has 1 aromatic carbocycles. The lowest BCUT2D eigenvalue weighted by molar-refractivity contribution is 0.0907. The van der Waals surface area contributed by atoms with E-state index >= 15 is 0 Å². The second-order valence-corrected chi connectivity index (χ2v) is 4.72. The van der Waals surface area contributed by atoms with E-state index in [1.165, 1.54) is 6.26 Å². The predicted octanol–water partition coefficient (Wildman–Crippen LogP) is 2.29. The van der Waals surface area contributed by atoms with Crippen LogP contribution in [0.4, 0.5) is 0 Å². The van der Waals surface area contributed by atoms with Crippen molar-refractivity contribution in [2.24, 2.45) is 5.73 Å². The van der Waals surface area contributed by atoms with Crippen LogP contribution in [0.1, 0.15) is 30.6 Å². The van der Waals surface area contributed by atoms with Gasteiger partial charge in [-0.25, -0.2) is 0 Å². The minimum absolute atomic E-state index is 0.144. The maximum Gasteiger partial charge on any atom is 0.255 e. The first kappa shape index (κ1) is 12.6. The van der Waals surface area contributed by atoms with E-state index in [1.807, 2.05) is 38.1 Å². The number of benzene rings is 1. The number of para-hydroxylation sites is 1. The van der Waals surface area contributed by atoms with Gasteiger partial charge in [0.15, 0.2) is 0 Å². The fourth-order valence-corrected chi connectivity index (χ4v) is 1.78. The summed E-state index contributed by atoms with van der Waals surface area (Å²) in [6, 6.07) is 7.48. The molecule has 1 heterocycles. The van der Waals surface area contributed by atoms with Gasteiger partial charge >= 0.3 is 0 Å². The third-order valence-electron chi connectivity index (χ3n) is 3.37. The molecule has 0 aliphatic heterocycles. The summed E-state index contributed by atoms with van der Waals surface area (Å²) in [5.74, 6) is -0.144. The third-order valence-corrected chi connectivity index (χ3v) is 3.37. The van der Waals surface area contributed by atoms with E-state index in [1.54, 1.807) is 0 Å². The summed E-state index contributed by atoms with van der Waals surface area (Å²) < 4.78 is 5.36. The number of amides is 1. The number of rotatable bonds is 4. The van der Waals surface area contributed by atoms with Crippen LogP contribution in [0, 0.1) is 0 Å². The van der Waals surface area contributed by atoms with Crippen molar-refractivity contribution in [2.75, 3.05) is 6.54 Å². The monoisotopic (exact) mass is 246 g/mol. The van der Waals surface area contributed by atoms with E-state index in [0.29, 0.717) is 17.7 Å². The molecule has 0 fully saturated rings. The maximum absolute atomic E-state index is 12.2. The molecule has 96 valence electrons. The highest BCUT2D eigenvalue weighted by Gasteiger charge is 2.24. The summed E-state index contributed by atoms with van der Waals surface area (Å²) in [6.07, 6.45) is 2.28. The minimum atomic E-state index is -0.380. The Hall–Kier alpha value is -1.81. The van der Waals surface area contributed by atoms with E-state index in [0.717, 1.165) is 11.8 Å². The van der Waals surface area contributed by atoms with E-state index in [-0.39, 0.29) is 11.4 Å². The van der Waals surface area contributed by atoms with Crippen molar-refractivity contribution in [3.8, 4) is 0 Å². The van der Waals surface area contributed by atoms with Crippen molar-refractivity contribution >= 4 is 16.9 Å². The van der Waals surface area contributed by atoms with Crippen LogP contribution in [-0.4, -0.2) is 18.0 Å². The lowest BCUT2D eigenvalue weighted by Gasteiger charge is -2.27. The van der Waals surface area contributed by atoms with Crippen molar-refractivity contribution < 1.29 is 9.21 Å². The fourth-order valence-electron chi connectivity index (χ4n) is 1.78. The Kier molecular flexibility index (Phi) is 3.39. The van der Waals surface area contributed by atoms with Crippen LogP contribution in [0.25, 0.3) is 11.0 Å². The Balaban J connectivity index is 2.29. The van der Waals surface area contributed by atoms with Gasteiger partial charge in [0.1, 0.15) is 11.8 Å². The average Bonchev–Trinajstić information content (AvgIpc) is 2.82. The summed E-state index contributed by atoms with van der Waals surface area (Å²) in [4.78, 5) is 12.2. The zero-order chi connectivity index (χ0) is 13.2. The van der Waals surface area contributed by atoms with Crippen LogP contribution in [0.15, 0.2) is 34.9 Å². The van der Waals surface area contributed by atoms with Gasteiger partial charge in [-0.15, -0.1) is 0 Å². The van der Waals surface area contributed by atoms with Gasteiger partial charge < -0.3 is 15.5 Å². The van der Waals surface area contributed by atoms with Crippen LogP contribution >= 0.6 is 0 Å². The second kappa shape index (κ2) is 4.82. The number of nitrogens with one attached hydrogen (secondary N) is 1. The van der Waals surface area contributed by atoms with Gasteiger partial charge in [0.05, 0.1) is 5.56 Å². The van der Waals surface area contributed by atoms with Gasteiger partial charge in [-0.3, -0.25) is 4.79 Å². The van der Waals surface area contributed by atoms with E-state index in [2.05, 4.69) is 5.32 Å². The fraction of sp³-hybridized carbons (Fsp3) is 0.357. The molecule has 0 radical (unpaired) electrons. The Morgan fingerprint density at radius 2 is 2.17 bits per heavy atom. The van der Waals surface area contributed by atoms with Crippen LogP contribution < -0.4 is 11.1 Å². The van der Waals surface area contributed by atoms with Gasteiger partial charge in [-0.05, 0) is 19.4 Å². The Morgan fingerprint density at radius 3 is 2.83 bits per heavy atom. The van der Waals surface area contributed by atoms with E-state index in [4.69, 9.17) is 10.2 Å². The number of carbonyl (C=O) groups is 1. The summed E-state index contributed by atoms with van der Waals surface area (Å²) in [5, 5.41) is 3.79. The highest BCUT2D eigenvalue weighted by Crippen LogP contribution is 2.21. The zero-order valence-electron chi connectivity index (χ0n) is 10.7. The molecule has 1 atom stereocenters. The molecule has 0 aliphatic rings. The Bertz CT molecular complexity index is 556. The number of hydrogen-bond donors (Lipinski definition) is 2. The van der Waals surface area contributed by atoms with E-state index in [9.17, 15) is 4.79 Å². The van der Waals surface area contributed by atoms with Gasteiger partial charge in [0.25, 0.3) is 5.91 Å². The van der Waals surface area contributed by atoms with Gasteiger partial charge in [0.2, 0.25) is 0 Å². The quantitative estimate of drug-likeness (QED) is 0.869. The smallest absolute Gasteiger partial charge is 0.255 e. The van der Waals surface area contributed by atoms with Crippen molar-refractivity contribution in [3.63, 3.8) is 0 Å². The molecule has 2 aromatic rings. The predicted molar refractivity (Wildman–Crippen MR) is 71.4 cm³/mol. The highest BCUT2D eigenvalue weighted by molar-refractivity contribution is 6.06. The molecule has 1 amide bonds. The molecule has 18 heavy (non-hydrogen) atoms. The molecule has 3 N–H and O–H groups in total. The SMILES string of the molecule is CCC(C)(CN)NC(=O)c1coc2ccccc12. The summed E-state index contributed by atoms with van der Waals surface area (Å²) >= 11 is 0. The second-order valence-electron chi connectivity index (χ2n) is 4.72. The molecule has 2 rings (SSSR count). The normalized spacial score (nSPS) is 14.4. The molecule has 1 unspecified atom stereocenters. The molecule has 0 spiro atoms. The molecule has 0 saturated carbocycles. The largest absolute Gasteiger partial charge is 0.463 e. The highest BCUT2D eigenvalue weighted by atomic mass is 16.3. The summed E-state index contributed by atoms with van der Waals surface area (Å²) in [7, 11) is 0. The van der Waals surface area contributed by atoms with Crippen molar-refractivity contribution in [3.05, 3.63) is 36.1 Å². The molecule has 4 nitrogen and oxygen atoms in total. The van der Waals surface area contributed by atoms with E-state index < -0.39 is 0 Å². The van der Waals surface area contributed by atoms with Crippen molar-refractivity contribution in [1.29, 1.82) is 0 Å². The molecule has 0 bridgehead atoms. The molecular formula is C14H18N2O2. The standard InChI is InChI=1S/C14H18N2O2/c1-3-14(2,9-15)16-13(17)11-8-18-12-7-5-4-6-10(11)12/h4-8H,3,9,15H2,1-2H3,(H,16,17). The van der Waals surface area contributed by atoms with Gasteiger partial charge in [0, 0.05) is 17.5 Å². The third kappa shape index (κ3) is 2.24. The first-order valence-electron chi connectivity index (χ1n) is 6.08. The molecule has 1 aromatic heterocycles. The molecule has 0 aliphatic carbocycles. The van der Waals surface area contributed by atoms with Gasteiger partial charge in [-0.2, -0.15) is 0 Å². The topological polar surface area (TPSA) is 68.3 Å². The van der Waals surface area contributed by atoms with Crippen molar-refractivity contribution in [1.82, 2.24) is 5.32 Å². The minimum Gasteiger partial charge on any atom is -0.463 e. The lowest BCUT2D eigenvalue weighted by Crippen LogP contribution is -2.50. The average molecular weight is 246 g/mol. The lowest BCUT2D eigenvalue weighted by atomic mass is 9.98. The summed E-state index contributed by atoms with van der Waals surface area (Å²) in [6.45, 7) is 4.35. The maximum atomic E-state index is 12.2. The Morgan fingerprint density at radius 1 is 1.44 bits per heavy atom. The van der Waals surface area contributed by atoms with Crippen molar-refractivity contribution in [2.45, 2.75) is 25.8 Å². The number of hydrogen-bond acceptors (Lipinski definition) is 3. The molecule has 0 saturated heterocycles. The van der Waals surface area contributed by atoms with Crippen LogP contribution in [-0.2, 0) is 0 Å². The first-order chi connectivity index (χ1) is 8.59. The van der Waals surface area contributed by atoms with Crippen LogP contribution in [0.5, 0.6) is 0 Å². The number of fused-ring (bicyclic) bond motifs is 1. The summed E-state index contributed by atoms with van der Waals surface area (Å²) in [5.41, 5.74) is 6.58. The number of furan rings is 1. The molecular weight excluding hydrogens is 228 g/mol. The zero-order valence-corrected chi connectivity index (χ0v) is 10.7. The first-order valence-corrected chi connectivity index (χ1v) is 6.08. The molecule has 4 heteroatoms. The van der Waals surface area contributed by atoms with Gasteiger partial charge in [-0.1, -0.05) is 25.1 Å². The number of nitrogens with two attached hydrogens (primary N) is 1. The van der Waals surface area contributed by atoms with Crippen LogP contribution in [0.2, 0.25) is 0 Å². The number of carbonyl (C=O) groups excluding carboxylic acids is 1. The van der Waals surface area contributed by atoms with Crippen LogP contribution in [0.3, 0.4) is 0 Å². The Labute approximate surface area is 106 Å².